The molecule has 3 aromatic heterocycles. The smallest absolute Gasteiger partial charge is 0.337 e. The lowest BCUT2D eigenvalue weighted by molar-refractivity contribution is 0.0697. The van der Waals surface area contributed by atoms with Crippen molar-refractivity contribution in [2.75, 3.05) is 7.11 Å². The molecule has 0 fully saturated rings. The number of ketones is 1. The Labute approximate surface area is 164 Å². The lowest BCUT2D eigenvalue weighted by Gasteiger charge is -2.04. The third-order valence-corrected chi connectivity index (χ3v) is 5.35. The molecule has 0 unspecified atom stereocenters. The summed E-state index contributed by atoms with van der Waals surface area (Å²) in [7, 11) is 1.51. The number of carbonyl (C=O) groups excluding carboxylic acids is 1. The van der Waals surface area contributed by atoms with Gasteiger partial charge >= 0.3 is 5.97 Å². The Morgan fingerprint density at radius 1 is 1.21 bits per heavy atom. The molecular weight excluding hydrogens is 378 g/mol. The van der Waals surface area contributed by atoms with E-state index in [1.807, 2.05) is 18.2 Å². The molecule has 0 bridgehead atoms. The summed E-state index contributed by atoms with van der Waals surface area (Å²) >= 11 is 1.24. The molecular formula is C21H15NO5S. The van der Waals surface area contributed by atoms with E-state index in [9.17, 15) is 14.7 Å². The molecule has 0 aliphatic rings. The number of carboxylic acids is 1. The summed E-state index contributed by atoms with van der Waals surface area (Å²) in [5.41, 5.74) is 1.92. The molecule has 0 spiro atoms. The second kappa shape index (κ2) is 7.28. The number of carbonyl (C=O) groups is 2. The van der Waals surface area contributed by atoms with Crippen LogP contribution in [-0.2, 0) is 6.42 Å². The van der Waals surface area contributed by atoms with E-state index >= 15 is 0 Å². The maximum Gasteiger partial charge on any atom is 0.337 e. The van der Waals surface area contributed by atoms with Crippen LogP contribution < -0.4 is 4.74 Å². The maximum atomic E-state index is 12.7. The van der Waals surface area contributed by atoms with Gasteiger partial charge in [-0.1, -0.05) is 18.2 Å². The van der Waals surface area contributed by atoms with E-state index in [1.54, 1.807) is 35.8 Å². The Bertz CT molecular complexity index is 1140. The zero-order valence-corrected chi connectivity index (χ0v) is 15.7. The van der Waals surface area contributed by atoms with E-state index in [2.05, 4.69) is 4.98 Å². The quantitative estimate of drug-likeness (QED) is 0.478. The summed E-state index contributed by atoms with van der Waals surface area (Å²) in [6.45, 7) is 0. The van der Waals surface area contributed by atoms with E-state index in [4.69, 9.17) is 9.15 Å². The van der Waals surface area contributed by atoms with Gasteiger partial charge in [0.2, 0.25) is 11.7 Å². The molecule has 0 saturated heterocycles. The first-order valence-corrected chi connectivity index (χ1v) is 9.30. The largest absolute Gasteiger partial charge is 0.481 e. The fraction of sp³-hybridized carbons (Fsp3) is 0.0952. The second-order valence-electron chi connectivity index (χ2n) is 6.09. The molecule has 4 aromatic rings. The highest BCUT2D eigenvalue weighted by molar-refractivity contribution is 7.11. The lowest BCUT2D eigenvalue weighted by atomic mass is 10.0. The van der Waals surface area contributed by atoms with E-state index in [1.165, 1.54) is 18.4 Å². The molecule has 0 saturated carbocycles. The number of benzene rings is 1. The fourth-order valence-electron chi connectivity index (χ4n) is 2.99. The zero-order chi connectivity index (χ0) is 19.7. The van der Waals surface area contributed by atoms with Gasteiger partial charge in [0.1, 0.15) is 5.58 Å². The lowest BCUT2D eigenvalue weighted by Crippen LogP contribution is -2.06. The Morgan fingerprint density at radius 3 is 2.71 bits per heavy atom. The van der Waals surface area contributed by atoms with Crippen molar-refractivity contribution in [2.45, 2.75) is 6.42 Å². The van der Waals surface area contributed by atoms with Crippen molar-refractivity contribution in [3.63, 3.8) is 0 Å². The molecule has 1 N–H and O–H groups in total. The molecule has 0 radical (unpaired) electrons. The predicted octanol–water partition coefficient (Wildman–Crippen LogP) is 4.69. The zero-order valence-electron chi connectivity index (χ0n) is 14.8. The van der Waals surface area contributed by atoms with Crippen LogP contribution in [0.5, 0.6) is 5.88 Å². The summed E-state index contributed by atoms with van der Waals surface area (Å²) < 4.78 is 10.6. The van der Waals surface area contributed by atoms with Crippen LogP contribution in [-0.4, -0.2) is 29.0 Å². The van der Waals surface area contributed by atoms with Crippen LogP contribution in [0.15, 0.2) is 58.5 Å². The van der Waals surface area contributed by atoms with E-state index in [-0.39, 0.29) is 23.5 Å². The van der Waals surface area contributed by atoms with Crippen LogP contribution in [0, 0.1) is 0 Å². The molecule has 3 heterocycles. The minimum atomic E-state index is -1.08. The van der Waals surface area contributed by atoms with Crippen molar-refractivity contribution >= 4 is 34.1 Å². The number of hydrogen-bond donors (Lipinski definition) is 1. The van der Waals surface area contributed by atoms with Crippen LogP contribution in [0.1, 0.15) is 25.8 Å². The number of fused-ring (bicyclic) bond motifs is 1. The highest BCUT2D eigenvalue weighted by atomic mass is 32.1. The number of ether oxygens (including phenoxy) is 1. The van der Waals surface area contributed by atoms with Gasteiger partial charge in [0, 0.05) is 40.1 Å². The summed E-state index contributed by atoms with van der Waals surface area (Å²) in [4.78, 5) is 29.2. The van der Waals surface area contributed by atoms with Crippen LogP contribution >= 0.6 is 11.3 Å². The standard InChI is InChI=1S/C21H15NO5S/c1-26-19-7-6-13(10-22-19)14-11-28-18(20(14)21(24)25)9-15(23)17-8-12-4-2-3-5-16(12)27-17/h2-8,10-11H,9H2,1H3,(H,24,25). The Kier molecular flexibility index (Phi) is 4.67. The van der Waals surface area contributed by atoms with Crippen LogP contribution in [0.2, 0.25) is 0 Å². The summed E-state index contributed by atoms with van der Waals surface area (Å²) in [5, 5.41) is 12.3. The normalized spacial score (nSPS) is 10.9. The first-order valence-electron chi connectivity index (χ1n) is 8.42. The highest BCUT2D eigenvalue weighted by Gasteiger charge is 2.23. The molecule has 6 nitrogen and oxygen atoms in total. The molecule has 1 aromatic carbocycles. The number of Topliss-reactive ketones (excluding diaryl/α,β-unsaturated/α-hetero) is 1. The van der Waals surface area contributed by atoms with Gasteiger partial charge in [-0.25, -0.2) is 9.78 Å². The van der Waals surface area contributed by atoms with Gasteiger partial charge in [0.15, 0.2) is 5.76 Å². The average molecular weight is 393 g/mol. The highest BCUT2D eigenvalue weighted by Crippen LogP contribution is 2.33. The Hall–Kier alpha value is -3.45. The number of hydrogen-bond acceptors (Lipinski definition) is 6. The molecule has 0 amide bonds. The number of furan rings is 1. The van der Waals surface area contributed by atoms with E-state index < -0.39 is 5.97 Å². The van der Waals surface area contributed by atoms with Crippen LogP contribution in [0.4, 0.5) is 0 Å². The third-order valence-electron chi connectivity index (χ3n) is 4.36. The minimum Gasteiger partial charge on any atom is -0.481 e. The van der Waals surface area contributed by atoms with Crippen LogP contribution in [0.25, 0.3) is 22.1 Å². The van der Waals surface area contributed by atoms with Crippen molar-refractivity contribution in [2.24, 2.45) is 0 Å². The molecule has 140 valence electrons. The number of para-hydroxylation sites is 1. The number of carboxylic acid groups (broad SMARTS) is 1. The topological polar surface area (TPSA) is 89.6 Å². The van der Waals surface area contributed by atoms with Gasteiger partial charge in [0.05, 0.1) is 12.7 Å². The summed E-state index contributed by atoms with van der Waals surface area (Å²) in [6, 6.07) is 12.4. The number of thiophene rings is 1. The molecule has 7 heteroatoms. The number of pyridine rings is 1. The molecule has 0 aliphatic carbocycles. The third kappa shape index (κ3) is 3.27. The van der Waals surface area contributed by atoms with Crippen molar-refractivity contribution in [3.05, 3.63) is 70.2 Å². The average Bonchev–Trinajstić information content (AvgIpc) is 3.32. The SMILES string of the molecule is COc1ccc(-c2csc(CC(=O)c3cc4ccccc4o3)c2C(=O)O)cn1. The van der Waals surface area contributed by atoms with Gasteiger partial charge < -0.3 is 14.3 Å². The number of nitrogens with zero attached hydrogens (tertiary/aromatic N) is 1. The molecule has 0 atom stereocenters. The summed E-state index contributed by atoms with van der Waals surface area (Å²) in [6.07, 6.45) is 1.51. The minimum absolute atomic E-state index is 0.0459. The fourth-order valence-corrected chi connectivity index (χ4v) is 4.03. The van der Waals surface area contributed by atoms with E-state index in [0.717, 1.165) is 5.39 Å². The molecule has 28 heavy (non-hydrogen) atoms. The number of rotatable bonds is 6. The monoisotopic (exact) mass is 393 g/mol. The first-order chi connectivity index (χ1) is 13.6. The number of aromatic carboxylic acids is 1. The predicted molar refractivity (Wildman–Crippen MR) is 105 cm³/mol. The first kappa shape index (κ1) is 17.9. The summed E-state index contributed by atoms with van der Waals surface area (Å²) in [5.74, 6) is -0.686. The van der Waals surface area contributed by atoms with Crippen molar-refractivity contribution in [3.8, 4) is 17.0 Å². The van der Waals surface area contributed by atoms with Crippen molar-refractivity contribution in [1.29, 1.82) is 0 Å². The number of aromatic nitrogens is 1. The maximum absolute atomic E-state index is 12.7. The van der Waals surface area contributed by atoms with Gasteiger partial charge in [-0.05, 0) is 23.6 Å². The van der Waals surface area contributed by atoms with Gasteiger partial charge in [-0.2, -0.15) is 0 Å². The number of methoxy groups -OCH3 is 1. The molecule has 4 rings (SSSR count). The Balaban J connectivity index is 1.66. The van der Waals surface area contributed by atoms with E-state index in [0.29, 0.717) is 27.5 Å². The van der Waals surface area contributed by atoms with Gasteiger partial charge in [-0.3, -0.25) is 4.79 Å². The van der Waals surface area contributed by atoms with Crippen molar-refractivity contribution < 1.29 is 23.8 Å². The Morgan fingerprint density at radius 2 is 2.04 bits per heavy atom. The van der Waals surface area contributed by atoms with Crippen LogP contribution in [0.3, 0.4) is 0 Å². The second-order valence-corrected chi connectivity index (χ2v) is 7.05. The van der Waals surface area contributed by atoms with Gasteiger partial charge in [0.25, 0.3) is 0 Å². The van der Waals surface area contributed by atoms with Gasteiger partial charge in [-0.15, -0.1) is 11.3 Å². The van der Waals surface area contributed by atoms with Crippen molar-refractivity contribution in [1.82, 2.24) is 4.98 Å². The molecule has 0 aliphatic heterocycles.